The van der Waals surface area contributed by atoms with Gasteiger partial charge in [-0.2, -0.15) is 5.10 Å². The van der Waals surface area contributed by atoms with Crippen molar-refractivity contribution in [1.29, 1.82) is 0 Å². The van der Waals surface area contributed by atoms with Crippen molar-refractivity contribution in [1.82, 2.24) is 4.98 Å². The molecule has 0 spiro atoms. The standard InChI is InChI=1S/C16H18N4O3/c1-12(2)11-23-14-7-5-13(6-8-14)10-18-19-16-15(20(21)22)4-3-9-17-16/h3-10,12H,11H2,1-2H3,(H,17,19)/b18-10-. The van der Waals surface area contributed by atoms with Crippen LogP contribution in [0.1, 0.15) is 19.4 Å². The third-order valence-corrected chi connectivity index (χ3v) is 2.83. The average molecular weight is 314 g/mol. The lowest BCUT2D eigenvalue weighted by molar-refractivity contribution is -0.384. The fourth-order valence-electron chi connectivity index (χ4n) is 1.71. The Balaban J connectivity index is 1.97. The quantitative estimate of drug-likeness (QED) is 0.480. The van der Waals surface area contributed by atoms with Gasteiger partial charge in [0.05, 0.1) is 17.7 Å². The average Bonchev–Trinajstić information content (AvgIpc) is 2.54. The number of nitrogens with zero attached hydrogens (tertiary/aromatic N) is 3. The molecule has 1 N–H and O–H groups in total. The summed E-state index contributed by atoms with van der Waals surface area (Å²) in [5.74, 6) is 1.37. The zero-order valence-corrected chi connectivity index (χ0v) is 13.0. The number of nitrogens with one attached hydrogen (secondary N) is 1. The summed E-state index contributed by atoms with van der Waals surface area (Å²) < 4.78 is 5.59. The van der Waals surface area contributed by atoms with Crippen LogP contribution in [0, 0.1) is 16.0 Å². The highest BCUT2D eigenvalue weighted by atomic mass is 16.6. The van der Waals surface area contributed by atoms with E-state index in [2.05, 4.69) is 29.4 Å². The Morgan fingerprint density at radius 3 is 2.74 bits per heavy atom. The van der Waals surface area contributed by atoms with Crippen LogP contribution in [-0.2, 0) is 0 Å². The summed E-state index contributed by atoms with van der Waals surface area (Å²) in [5.41, 5.74) is 3.30. The summed E-state index contributed by atoms with van der Waals surface area (Å²) in [4.78, 5) is 14.3. The van der Waals surface area contributed by atoms with Crippen LogP contribution in [0.15, 0.2) is 47.7 Å². The van der Waals surface area contributed by atoms with Crippen LogP contribution in [0.2, 0.25) is 0 Å². The molecule has 7 heteroatoms. The van der Waals surface area contributed by atoms with Gasteiger partial charge in [0.1, 0.15) is 5.75 Å². The monoisotopic (exact) mass is 314 g/mol. The van der Waals surface area contributed by atoms with Crippen LogP contribution in [0.3, 0.4) is 0 Å². The molecule has 23 heavy (non-hydrogen) atoms. The third kappa shape index (κ3) is 5.06. The molecule has 0 bridgehead atoms. The van der Waals surface area contributed by atoms with Crippen LogP contribution in [0.5, 0.6) is 5.75 Å². The van der Waals surface area contributed by atoms with Gasteiger partial charge in [0, 0.05) is 12.3 Å². The molecule has 0 aliphatic carbocycles. The molecule has 0 aliphatic rings. The molecule has 0 aliphatic heterocycles. The molecule has 0 fully saturated rings. The molecule has 1 heterocycles. The lowest BCUT2D eigenvalue weighted by Gasteiger charge is -2.08. The van der Waals surface area contributed by atoms with Crippen molar-refractivity contribution >= 4 is 17.7 Å². The third-order valence-electron chi connectivity index (χ3n) is 2.83. The molecule has 120 valence electrons. The molecule has 0 saturated carbocycles. The minimum Gasteiger partial charge on any atom is -0.493 e. The zero-order chi connectivity index (χ0) is 16.7. The van der Waals surface area contributed by atoms with E-state index in [1.165, 1.54) is 18.3 Å². The van der Waals surface area contributed by atoms with Gasteiger partial charge in [0.15, 0.2) is 0 Å². The number of hydrogen-bond acceptors (Lipinski definition) is 6. The predicted molar refractivity (Wildman–Crippen MR) is 88.9 cm³/mol. The van der Waals surface area contributed by atoms with Crippen molar-refractivity contribution in [3.05, 3.63) is 58.3 Å². The Morgan fingerprint density at radius 1 is 1.35 bits per heavy atom. The Bertz CT molecular complexity index is 684. The highest BCUT2D eigenvalue weighted by molar-refractivity contribution is 5.80. The van der Waals surface area contributed by atoms with Crippen LogP contribution >= 0.6 is 0 Å². The number of rotatable bonds is 7. The van der Waals surface area contributed by atoms with E-state index < -0.39 is 4.92 Å². The number of ether oxygens (including phenoxy) is 1. The number of hydrogen-bond donors (Lipinski definition) is 1. The van der Waals surface area contributed by atoms with E-state index in [-0.39, 0.29) is 11.5 Å². The number of anilines is 1. The maximum Gasteiger partial charge on any atom is 0.313 e. The van der Waals surface area contributed by atoms with Crippen molar-refractivity contribution in [2.24, 2.45) is 11.0 Å². The molecule has 1 aromatic carbocycles. The number of hydrazone groups is 1. The van der Waals surface area contributed by atoms with E-state index in [9.17, 15) is 10.1 Å². The summed E-state index contributed by atoms with van der Waals surface area (Å²) in [5, 5.41) is 14.8. The van der Waals surface area contributed by atoms with Gasteiger partial charge in [-0.05, 0) is 41.8 Å². The molecular formula is C16H18N4O3. The van der Waals surface area contributed by atoms with Gasteiger partial charge in [-0.25, -0.2) is 4.98 Å². The zero-order valence-electron chi connectivity index (χ0n) is 13.0. The summed E-state index contributed by atoms with van der Waals surface area (Å²) in [7, 11) is 0. The fourth-order valence-corrected chi connectivity index (χ4v) is 1.71. The highest BCUT2D eigenvalue weighted by Gasteiger charge is 2.12. The number of nitro groups is 1. The SMILES string of the molecule is CC(C)COc1ccc(/C=N\Nc2ncccc2[N+](=O)[O-])cc1. The Kier molecular flexibility index (Phi) is 5.62. The van der Waals surface area contributed by atoms with Gasteiger partial charge in [-0.15, -0.1) is 0 Å². The lowest BCUT2D eigenvalue weighted by Crippen LogP contribution is -2.04. The van der Waals surface area contributed by atoms with Gasteiger partial charge in [-0.3, -0.25) is 15.5 Å². The Labute approximate surface area is 134 Å². The first kappa shape index (κ1) is 16.4. The number of aromatic nitrogens is 1. The van der Waals surface area contributed by atoms with E-state index in [0.717, 1.165) is 11.3 Å². The molecule has 7 nitrogen and oxygen atoms in total. The molecule has 1 aromatic heterocycles. The van der Waals surface area contributed by atoms with Crippen molar-refractivity contribution in [3.8, 4) is 5.75 Å². The van der Waals surface area contributed by atoms with Crippen molar-refractivity contribution < 1.29 is 9.66 Å². The minimum atomic E-state index is -0.508. The minimum absolute atomic E-state index is 0.102. The molecule has 0 saturated heterocycles. The van der Waals surface area contributed by atoms with Gasteiger partial charge in [0.25, 0.3) is 0 Å². The molecule has 0 atom stereocenters. The maximum absolute atomic E-state index is 10.9. The second kappa shape index (κ2) is 7.88. The second-order valence-corrected chi connectivity index (χ2v) is 5.27. The van der Waals surface area contributed by atoms with Gasteiger partial charge >= 0.3 is 5.69 Å². The summed E-state index contributed by atoms with van der Waals surface area (Å²) in [6.45, 7) is 4.84. The van der Waals surface area contributed by atoms with Gasteiger partial charge < -0.3 is 4.74 Å². The van der Waals surface area contributed by atoms with E-state index in [0.29, 0.717) is 12.5 Å². The topological polar surface area (TPSA) is 89.7 Å². The smallest absolute Gasteiger partial charge is 0.313 e. The van der Waals surface area contributed by atoms with Gasteiger partial charge in [-0.1, -0.05) is 13.8 Å². The lowest BCUT2D eigenvalue weighted by atomic mass is 10.2. The first-order valence-electron chi connectivity index (χ1n) is 7.17. The van der Waals surface area contributed by atoms with E-state index >= 15 is 0 Å². The van der Waals surface area contributed by atoms with Crippen molar-refractivity contribution in [2.45, 2.75) is 13.8 Å². The maximum atomic E-state index is 10.9. The normalized spacial score (nSPS) is 10.9. The number of benzene rings is 1. The molecule has 2 aromatic rings. The molecular weight excluding hydrogens is 296 g/mol. The summed E-state index contributed by atoms with van der Waals surface area (Å²) >= 11 is 0. The van der Waals surface area contributed by atoms with Crippen LogP contribution in [-0.4, -0.2) is 22.7 Å². The Morgan fingerprint density at radius 2 is 2.09 bits per heavy atom. The first-order chi connectivity index (χ1) is 11.1. The summed E-state index contributed by atoms with van der Waals surface area (Å²) in [6, 6.07) is 10.3. The largest absolute Gasteiger partial charge is 0.493 e. The molecule has 0 amide bonds. The van der Waals surface area contributed by atoms with Crippen molar-refractivity contribution in [3.63, 3.8) is 0 Å². The predicted octanol–water partition coefficient (Wildman–Crippen LogP) is 3.47. The number of pyridine rings is 1. The van der Waals surface area contributed by atoms with E-state index in [4.69, 9.17) is 4.74 Å². The first-order valence-corrected chi connectivity index (χ1v) is 7.17. The molecule has 0 radical (unpaired) electrons. The van der Waals surface area contributed by atoms with Crippen molar-refractivity contribution in [2.75, 3.05) is 12.0 Å². The molecule has 2 rings (SSSR count). The second-order valence-electron chi connectivity index (χ2n) is 5.27. The highest BCUT2D eigenvalue weighted by Crippen LogP contribution is 2.20. The fraction of sp³-hybridized carbons (Fsp3) is 0.250. The van der Waals surface area contributed by atoms with Crippen LogP contribution in [0.25, 0.3) is 0 Å². The van der Waals surface area contributed by atoms with Gasteiger partial charge in [0.2, 0.25) is 5.82 Å². The van der Waals surface area contributed by atoms with Crippen LogP contribution in [0.4, 0.5) is 11.5 Å². The Hall–Kier alpha value is -2.96. The molecule has 0 unspecified atom stereocenters. The summed E-state index contributed by atoms with van der Waals surface area (Å²) in [6.07, 6.45) is 3.02. The van der Waals surface area contributed by atoms with E-state index in [1.54, 1.807) is 6.21 Å². The van der Waals surface area contributed by atoms with Crippen LogP contribution < -0.4 is 10.2 Å². The van der Waals surface area contributed by atoms with E-state index in [1.807, 2.05) is 24.3 Å².